The van der Waals surface area contributed by atoms with Crippen molar-refractivity contribution in [1.82, 2.24) is 10.2 Å². The van der Waals surface area contributed by atoms with Gasteiger partial charge in [0.05, 0.1) is 23.2 Å². The van der Waals surface area contributed by atoms with Gasteiger partial charge in [-0.15, -0.1) is 6.58 Å². The number of nitrogens with zero attached hydrogens (tertiary/aromatic N) is 3. The summed E-state index contributed by atoms with van der Waals surface area (Å²) in [5, 5.41) is 39.0. The molecule has 1 saturated carbocycles. The predicted octanol–water partition coefficient (Wildman–Crippen LogP) is 7.56. The molecule has 6 atom stereocenters. The maximum absolute atomic E-state index is 14.4. The first-order chi connectivity index (χ1) is 30.2. The molecule has 15 nitrogen and oxygen atoms in total. The SMILES string of the molecule is C=CCOc1ccc2c(c1)[C@H]1[C@H](CCCCO)[C@@H](CCCCO)C=C3C(=NOCc4ccc([N+](=O)[O-])cc4)C[C@H](N(C)C(=O)NCc4ccc5c(c4)OCO5)[C@@](OCC=C)(O2)[C@H]31. The minimum atomic E-state index is -1.44. The number of ether oxygens (including phenoxy) is 5. The zero-order valence-corrected chi connectivity index (χ0v) is 35.1. The smallest absolute Gasteiger partial charge is 0.317 e. The number of hydrogen-bond donors (Lipinski definition) is 3. The van der Waals surface area contributed by atoms with Crippen molar-refractivity contribution < 1.29 is 48.5 Å². The quantitative estimate of drug-likeness (QED) is 0.0416. The molecule has 2 amide bonds. The van der Waals surface area contributed by atoms with E-state index in [0.717, 1.165) is 42.4 Å². The first kappa shape index (κ1) is 44.2. The van der Waals surface area contributed by atoms with Crippen molar-refractivity contribution in [1.29, 1.82) is 0 Å². The second-order valence-electron chi connectivity index (χ2n) is 16.0. The van der Waals surface area contributed by atoms with Crippen molar-refractivity contribution >= 4 is 17.4 Å². The van der Waals surface area contributed by atoms with Crippen molar-refractivity contribution in [2.24, 2.45) is 22.9 Å². The number of amides is 2. The summed E-state index contributed by atoms with van der Waals surface area (Å²) in [4.78, 5) is 33.0. The van der Waals surface area contributed by atoms with Gasteiger partial charge in [-0.25, -0.2) is 4.79 Å². The largest absolute Gasteiger partial charge is 0.490 e. The third-order valence-electron chi connectivity index (χ3n) is 12.2. The molecule has 4 aliphatic rings. The van der Waals surface area contributed by atoms with Crippen molar-refractivity contribution in [3.05, 3.63) is 124 Å². The number of nitro groups is 1. The number of aliphatic hydroxyl groups is 2. The molecule has 7 rings (SSSR count). The normalized spacial score (nSPS) is 23.6. The summed E-state index contributed by atoms with van der Waals surface area (Å²) < 4.78 is 31.3. The number of urea groups is 1. The number of aliphatic hydroxyl groups excluding tert-OH is 2. The fourth-order valence-electron chi connectivity index (χ4n) is 9.37. The number of hydrogen-bond acceptors (Lipinski definition) is 12. The van der Waals surface area contributed by atoms with Gasteiger partial charge in [-0.1, -0.05) is 48.9 Å². The van der Waals surface area contributed by atoms with Crippen LogP contribution in [-0.4, -0.2) is 83.9 Å². The Bertz CT molecular complexity index is 2140. The van der Waals surface area contributed by atoms with Crippen LogP contribution in [0.2, 0.25) is 0 Å². The highest BCUT2D eigenvalue weighted by molar-refractivity contribution is 6.03. The summed E-state index contributed by atoms with van der Waals surface area (Å²) in [6.45, 7) is 8.80. The second kappa shape index (κ2) is 20.3. The molecule has 0 radical (unpaired) electrons. The van der Waals surface area contributed by atoms with Gasteiger partial charge in [0.2, 0.25) is 12.6 Å². The number of fused-ring (bicyclic) bond motifs is 3. The summed E-state index contributed by atoms with van der Waals surface area (Å²) in [5.41, 5.74) is 3.92. The first-order valence-corrected chi connectivity index (χ1v) is 21.3. The monoisotopic (exact) mass is 852 g/mol. The molecule has 0 aromatic heterocycles. The van der Waals surface area contributed by atoms with E-state index in [2.05, 4.69) is 24.6 Å². The number of unbranched alkanes of at least 4 members (excludes halogenated alkanes) is 2. The van der Waals surface area contributed by atoms with Gasteiger partial charge in [-0.05, 0) is 96.7 Å². The molecule has 0 bridgehead atoms. The molecule has 2 heterocycles. The average molecular weight is 853 g/mol. The Hall–Kier alpha value is -5.90. The zero-order valence-electron chi connectivity index (χ0n) is 35.1. The van der Waals surface area contributed by atoms with Crippen LogP contribution < -0.4 is 24.3 Å². The molecule has 15 heteroatoms. The van der Waals surface area contributed by atoms with E-state index in [0.29, 0.717) is 53.7 Å². The van der Waals surface area contributed by atoms with Crippen molar-refractivity contribution in [3.63, 3.8) is 0 Å². The van der Waals surface area contributed by atoms with E-state index in [1.54, 1.807) is 36.2 Å². The molecule has 2 aliphatic heterocycles. The average Bonchev–Trinajstić information content (AvgIpc) is 3.76. The lowest BCUT2D eigenvalue weighted by Crippen LogP contribution is -2.70. The molecule has 0 unspecified atom stereocenters. The summed E-state index contributed by atoms with van der Waals surface area (Å²) in [6, 6.07) is 16.3. The maximum atomic E-state index is 14.4. The van der Waals surface area contributed by atoms with Gasteiger partial charge in [0, 0.05) is 56.8 Å². The van der Waals surface area contributed by atoms with Gasteiger partial charge >= 0.3 is 6.03 Å². The number of non-ortho nitro benzene ring substituents is 1. The van der Waals surface area contributed by atoms with Crippen molar-refractivity contribution in [2.45, 2.75) is 75.8 Å². The highest BCUT2D eigenvalue weighted by Gasteiger charge is 2.65. The van der Waals surface area contributed by atoms with E-state index in [4.69, 9.17) is 33.7 Å². The Balaban J connectivity index is 1.34. The van der Waals surface area contributed by atoms with Crippen LogP contribution in [0.1, 0.15) is 67.6 Å². The van der Waals surface area contributed by atoms with Crippen LogP contribution in [0.15, 0.2) is 103 Å². The number of carbonyl (C=O) groups is 1. The van der Waals surface area contributed by atoms with Crippen LogP contribution in [0.5, 0.6) is 23.0 Å². The van der Waals surface area contributed by atoms with Crippen LogP contribution in [0.4, 0.5) is 10.5 Å². The van der Waals surface area contributed by atoms with Crippen LogP contribution >= 0.6 is 0 Å². The first-order valence-electron chi connectivity index (χ1n) is 21.3. The van der Waals surface area contributed by atoms with Crippen molar-refractivity contribution in [2.75, 3.05) is 40.3 Å². The third kappa shape index (κ3) is 9.44. The van der Waals surface area contributed by atoms with Gasteiger partial charge < -0.3 is 49.0 Å². The summed E-state index contributed by atoms with van der Waals surface area (Å²) >= 11 is 0. The Labute approximate surface area is 361 Å². The number of nitrogens with one attached hydrogen (secondary N) is 1. The molecule has 0 spiro atoms. The fraction of sp³-hybridized carbons (Fsp3) is 0.447. The number of carbonyl (C=O) groups excluding carboxylic acids is 1. The number of allylic oxidation sites excluding steroid dienone is 1. The molecule has 3 aromatic rings. The Morgan fingerprint density at radius 3 is 2.44 bits per heavy atom. The van der Waals surface area contributed by atoms with E-state index < -0.39 is 22.7 Å². The number of benzene rings is 3. The van der Waals surface area contributed by atoms with E-state index in [1.807, 2.05) is 36.4 Å². The molecule has 2 aliphatic carbocycles. The predicted molar refractivity (Wildman–Crippen MR) is 231 cm³/mol. The van der Waals surface area contributed by atoms with Gasteiger partial charge in [-0.3, -0.25) is 10.1 Å². The Morgan fingerprint density at radius 2 is 1.69 bits per heavy atom. The van der Waals surface area contributed by atoms with E-state index >= 15 is 0 Å². The summed E-state index contributed by atoms with van der Waals surface area (Å²) in [5.74, 6) is 0.411. The van der Waals surface area contributed by atoms with Gasteiger partial charge in [-0.2, -0.15) is 0 Å². The van der Waals surface area contributed by atoms with E-state index in [9.17, 15) is 25.1 Å². The highest BCUT2D eigenvalue weighted by Crippen LogP contribution is 2.61. The number of likely N-dealkylation sites (N-methyl/N-ethyl adjacent to an activating group) is 1. The zero-order chi connectivity index (χ0) is 43.6. The van der Waals surface area contributed by atoms with Gasteiger partial charge in [0.25, 0.3) is 5.69 Å². The van der Waals surface area contributed by atoms with Gasteiger partial charge in [0.1, 0.15) is 30.8 Å². The maximum Gasteiger partial charge on any atom is 0.317 e. The summed E-state index contributed by atoms with van der Waals surface area (Å²) in [7, 11) is 1.72. The molecular formula is C47H56N4O11. The van der Waals surface area contributed by atoms with Gasteiger partial charge in [0.15, 0.2) is 11.5 Å². The second-order valence-corrected chi connectivity index (χ2v) is 16.0. The highest BCUT2D eigenvalue weighted by atomic mass is 16.7. The lowest BCUT2D eigenvalue weighted by molar-refractivity contribution is -0.384. The molecular weight excluding hydrogens is 797 g/mol. The van der Waals surface area contributed by atoms with Crippen LogP contribution in [0.3, 0.4) is 0 Å². The van der Waals surface area contributed by atoms with E-state index in [-0.39, 0.29) is 75.7 Å². The minimum absolute atomic E-state index is 0.0271. The Kier molecular flexibility index (Phi) is 14.5. The fourth-order valence-corrected chi connectivity index (χ4v) is 9.37. The topological polar surface area (TPSA) is 184 Å². The lowest BCUT2D eigenvalue weighted by atomic mass is 9.55. The van der Waals surface area contributed by atoms with Crippen LogP contribution in [0, 0.1) is 27.9 Å². The van der Waals surface area contributed by atoms with Crippen LogP contribution in [-0.2, 0) is 22.7 Å². The molecule has 3 N–H and O–H groups in total. The lowest BCUT2D eigenvalue weighted by Gasteiger charge is -2.59. The number of nitro benzene ring substituents is 1. The van der Waals surface area contributed by atoms with Crippen LogP contribution in [0.25, 0.3) is 0 Å². The van der Waals surface area contributed by atoms with Crippen molar-refractivity contribution in [3.8, 4) is 23.0 Å². The Morgan fingerprint density at radius 1 is 0.968 bits per heavy atom. The third-order valence-corrected chi connectivity index (χ3v) is 12.2. The summed E-state index contributed by atoms with van der Waals surface area (Å²) in [6.07, 6.45) is 10.3. The number of rotatable bonds is 21. The molecule has 62 heavy (non-hydrogen) atoms. The molecule has 3 aromatic carbocycles. The standard InChI is InChI=1S/C47H56N4O11/c1-4-22-57-35-17-19-40-38(26-35)44-36(11-7-9-21-53)33(10-6-8-20-52)25-37-39(49-61-29-31-12-15-34(16-13-31)51(55)56)27-43(47(62-40,45(37)44)60-23-5-2)50(3)46(54)48-28-32-14-18-41-42(24-32)59-30-58-41/h4-5,12-19,24-26,33,36,43-45,52-53H,1-2,6-11,20-23,27-30H2,3H3,(H,48,54)/t33-,36+,43-,44+,45+,47+/m0/s1. The number of oxime groups is 1. The minimum Gasteiger partial charge on any atom is -0.490 e. The molecule has 1 fully saturated rings. The molecule has 0 saturated heterocycles. The molecule has 330 valence electrons. The van der Waals surface area contributed by atoms with E-state index in [1.165, 1.54) is 12.1 Å².